The van der Waals surface area contributed by atoms with Gasteiger partial charge < -0.3 is 33.7 Å². The molecule has 0 aromatic carbocycles. The Balaban J connectivity index is 3.56. The van der Waals surface area contributed by atoms with Gasteiger partial charge in [-0.05, 0) is 64.2 Å². The Labute approximate surface area is 330 Å². The van der Waals surface area contributed by atoms with E-state index in [0.717, 1.165) is 64.2 Å². The van der Waals surface area contributed by atoms with E-state index in [-0.39, 0.29) is 25.8 Å². The van der Waals surface area contributed by atoms with E-state index in [1.54, 1.807) is 0 Å². The van der Waals surface area contributed by atoms with Gasteiger partial charge in [0.1, 0.15) is 19.3 Å². The first-order valence-corrected chi connectivity index (χ1v) is 20.8. The summed E-state index contributed by atoms with van der Waals surface area (Å²) in [6, 6.07) is 0. The molecule has 2 unspecified atom stereocenters. The molecular formula is C46H77NO7. The molecule has 0 spiro atoms. The fourth-order valence-corrected chi connectivity index (χ4v) is 5.16. The third-order valence-corrected chi connectivity index (χ3v) is 8.39. The maximum absolute atomic E-state index is 12.0. The fourth-order valence-electron chi connectivity index (χ4n) is 5.16. The molecule has 8 nitrogen and oxygen atoms in total. The Morgan fingerprint density at radius 1 is 0.574 bits per heavy atom. The van der Waals surface area contributed by atoms with Crippen molar-refractivity contribution < 1.29 is 38.5 Å². The Morgan fingerprint density at radius 3 is 1.41 bits per heavy atom. The number of ether oxygens (including phenoxy) is 3. The van der Waals surface area contributed by atoms with Crippen molar-refractivity contribution in [2.45, 2.75) is 148 Å². The van der Waals surface area contributed by atoms with E-state index in [1.165, 1.54) is 57.8 Å². The number of aliphatic hydroxyl groups excluding tert-OH is 1. The summed E-state index contributed by atoms with van der Waals surface area (Å²) in [6.45, 7) is 2.32. The van der Waals surface area contributed by atoms with Crippen LogP contribution in [0.1, 0.15) is 135 Å². The molecule has 0 aliphatic rings. The number of nitrogens with zero attached hydrogens (tertiary/aromatic N) is 1. The average molecular weight is 756 g/mol. The van der Waals surface area contributed by atoms with Crippen LogP contribution in [0.2, 0.25) is 0 Å². The van der Waals surface area contributed by atoms with E-state index in [2.05, 4.69) is 92.0 Å². The van der Waals surface area contributed by atoms with Crippen LogP contribution in [-0.2, 0) is 23.8 Å². The predicted molar refractivity (Wildman–Crippen MR) is 223 cm³/mol. The highest BCUT2D eigenvalue weighted by Gasteiger charge is 2.17. The zero-order chi connectivity index (χ0) is 39.8. The topological polar surface area (TPSA) is 105 Å². The van der Waals surface area contributed by atoms with Crippen LogP contribution in [0.5, 0.6) is 0 Å². The van der Waals surface area contributed by atoms with Gasteiger partial charge in [-0.3, -0.25) is 4.79 Å². The van der Waals surface area contributed by atoms with Gasteiger partial charge in [-0.25, -0.2) is 0 Å². The Hall–Kier alpha value is -3.04. The lowest BCUT2D eigenvalue weighted by molar-refractivity contribution is -0.870. The van der Waals surface area contributed by atoms with Crippen molar-refractivity contribution in [1.29, 1.82) is 0 Å². The first-order chi connectivity index (χ1) is 26.2. The van der Waals surface area contributed by atoms with Crippen LogP contribution in [0.25, 0.3) is 0 Å². The lowest BCUT2D eigenvalue weighted by atomic mass is 10.0. The van der Waals surface area contributed by atoms with Crippen molar-refractivity contribution >= 4 is 11.9 Å². The van der Waals surface area contributed by atoms with E-state index in [1.807, 2.05) is 21.1 Å². The van der Waals surface area contributed by atoms with Gasteiger partial charge in [0, 0.05) is 6.42 Å². The summed E-state index contributed by atoms with van der Waals surface area (Å²) in [5, 5.41) is 21.2. The molecule has 8 heteroatoms. The molecule has 1 N–H and O–H groups in total. The second-order valence-electron chi connectivity index (χ2n) is 14.8. The normalized spacial score (nSPS) is 14.0. The summed E-state index contributed by atoms with van der Waals surface area (Å²) in [4.78, 5) is 23.2. The number of rotatable bonds is 37. The molecule has 0 aromatic heterocycles. The van der Waals surface area contributed by atoms with Gasteiger partial charge in [-0.2, -0.15) is 0 Å². The number of likely N-dealkylation sites (N-methyl/N-ethyl adjacent to an activating group) is 1. The maximum Gasteiger partial charge on any atom is 0.305 e. The number of hydrogen-bond acceptors (Lipinski definition) is 7. The van der Waals surface area contributed by atoms with Crippen LogP contribution >= 0.6 is 0 Å². The van der Waals surface area contributed by atoms with Gasteiger partial charge in [-0.1, -0.05) is 150 Å². The first-order valence-electron chi connectivity index (χ1n) is 20.8. The summed E-state index contributed by atoms with van der Waals surface area (Å²) in [7, 11) is 5.86. The van der Waals surface area contributed by atoms with Crippen LogP contribution in [0.15, 0.2) is 85.1 Å². The second-order valence-corrected chi connectivity index (χ2v) is 14.8. The third-order valence-electron chi connectivity index (χ3n) is 8.39. The van der Waals surface area contributed by atoms with Gasteiger partial charge in [0.25, 0.3) is 0 Å². The molecule has 0 amide bonds. The third kappa shape index (κ3) is 40.2. The summed E-state index contributed by atoms with van der Waals surface area (Å²) >= 11 is 0. The Morgan fingerprint density at radius 2 is 0.981 bits per heavy atom. The van der Waals surface area contributed by atoms with Crippen LogP contribution < -0.4 is 5.11 Å². The highest BCUT2D eigenvalue weighted by Crippen LogP contribution is 2.13. The number of hydrogen-bond donors (Lipinski definition) is 1. The molecule has 2 atom stereocenters. The molecule has 0 radical (unpaired) electrons. The number of quaternary nitrogens is 1. The number of esters is 1. The highest BCUT2D eigenvalue weighted by atomic mass is 16.7. The molecule has 0 heterocycles. The number of carbonyl (C=O) groups is 2. The number of unbranched alkanes of at least 4 members (excludes halogenated alkanes) is 11. The first kappa shape index (κ1) is 51.0. The van der Waals surface area contributed by atoms with Crippen molar-refractivity contribution in [3.05, 3.63) is 85.1 Å². The summed E-state index contributed by atoms with van der Waals surface area (Å²) < 4.78 is 16.0. The molecular weight excluding hydrogens is 679 g/mol. The van der Waals surface area contributed by atoms with Crippen LogP contribution in [0.4, 0.5) is 0 Å². The summed E-state index contributed by atoms with van der Waals surface area (Å²) in [6.07, 6.45) is 50.3. The minimum atomic E-state index is -1.58. The number of carbonyl (C=O) groups excluding carboxylic acids is 2. The lowest BCUT2D eigenvalue weighted by Gasteiger charge is -2.26. The Bertz CT molecular complexity index is 1100. The van der Waals surface area contributed by atoms with E-state index in [4.69, 9.17) is 14.2 Å². The molecule has 54 heavy (non-hydrogen) atoms. The second kappa shape index (κ2) is 38.2. The monoisotopic (exact) mass is 756 g/mol. The van der Waals surface area contributed by atoms with Gasteiger partial charge in [-0.15, -0.1) is 0 Å². The molecule has 0 bridgehead atoms. The van der Waals surface area contributed by atoms with Crippen LogP contribution in [-0.4, -0.2) is 81.4 Å². The van der Waals surface area contributed by atoms with Gasteiger partial charge >= 0.3 is 5.97 Å². The SMILES string of the molecule is CC/C=C\C/C=C\C/C=C\C/C=C\C/C=C\C/C=C\C/C=C\CCCCCCCCCCCCCC(=O)OCC(O)COC(OCC[N+](C)(C)C)C(=O)[O-]. The smallest absolute Gasteiger partial charge is 0.305 e. The average Bonchev–Trinajstić information content (AvgIpc) is 3.13. The maximum atomic E-state index is 12.0. The fraction of sp³-hybridized carbons (Fsp3) is 0.652. The highest BCUT2D eigenvalue weighted by molar-refractivity contribution is 5.69. The molecule has 0 aromatic rings. The van der Waals surface area contributed by atoms with E-state index in [9.17, 15) is 19.8 Å². The van der Waals surface area contributed by atoms with E-state index < -0.39 is 18.4 Å². The molecule has 0 aliphatic carbocycles. The molecule has 0 aliphatic heterocycles. The number of carboxylic acid groups (broad SMARTS) is 1. The molecule has 0 rings (SSSR count). The Kier molecular flexibility index (Phi) is 36.1. The van der Waals surface area contributed by atoms with Crippen molar-refractivity contribution in [3.63, 3.8) is 0 Å². The molecule has 0 fully saturated rings. The van der Waals surface area contributed by atoms with Gasteiger partial charge in [0.05, 0.1) is 40.3 Å². The van der Waals surface area contributed by atoms with Crippen LogP contribution in [0.3, 0.4) is 0 Å². The number of carboxylic acids is 1. The van der Waals surface area contributed by atoms with Crippen molar-refractivity contribution in [2.75, 3.05) is 47.5 Å². The zero-order valence-corrected chi connectivity index (χ0v) is 34.6. The number of aliphatic carboxylic acids is 1. The van der Waals surface area contributed by atoms with Crippen molar-refractivity contribution in [2.24, 2.45) is 0 Å². The lowest BCUT2D eigenvalue weighted by Crippen LogP contribution is -2.44. The van der Waals surface area contributed by atoms with Crippen molar-refractivity contribution in [1.82, 2.24) is 0 Å². The number of allylic oxidation sites excluding steroid dienone is 14. The van der Waals surface area contributed by atoms with Crippen molar-refractivity contribution in [3.8, 4) is 0 Å². The quantitative estimate of drug-likeness (QED) is 0.0222. The standard InChI is InChI=1S/C46H77NO7/c1-5-6-7-8-9-10-11-12-13-14-15-16-17-18-19-20-21-22-23-24-25-26-27-28-29-30-31-32-33-34-35-36-37-38-44(49)53-41-43(48)42-54-46(45(50)51)52-40-39-47(2,3)4/h6-7,9-10,12-13,15-16,18-19,21-22,24-25,43,46,48H,5,8,11,14,17,20,23,26-42H2,1-4H3/b7-6-,10-9-,13-12-,16-15-,19-18-,22-21-,25-24-. The molecule has 308 valence electrons. The minimum absolute atomic E-state index is 0.166. The zero-order valence-electron chi connectivity index (χ0n) is 34.6. The largest absolute Gasteiger partial charge is 0.545 e. The van der Waals surface area contributed by atoms with E-state index in [0.29, 0.717) is 17.4 Å². The molecule has 0 saturated carbocycles. The van der Waals surface area contributed by atoms with Crippen LogP contribution in [0, 0.1) is 0 Å². The molecule has 0 saturated heterocycles. The van der Waals surface area contributed by atoms with E-state index >= 15 is 0 Å². The summed E-state index contributed by atoms with van der Waals surface area (Å²) in [5.41, 5.74) is 0. The minimum Gasteiger partial charge on any atom is -0.545 e. The summed E-state index contributed by atoms with van der Waals surface area (Å²) in [5.74, 6) is -1.88. The van der Waals surface area contributed by atoms with Gasteiger partial charge in [0.15, 0.2) is 6.29 Å². The van der Waals surface area contributed by atoms with Gasteiger partial charge in [0.2, 0.25) is 0 Å². The number of aliphatic hydroxyl groups is 1. The predicted octanol–water partition coefficient (Wildman–Crippen LogP) is 9.42.